The van der Waals surface area contributed by atoms with Gasteiger partial charge in [0.2, 0.25) is 5.91 Å². The van der Waals surface area contributed by atoms with Crippen molar-refractivity contribution in [3.63, 3.8) is 0 Å². The number of nitrogens with zero attached hydrogens (tertiary/aromatic N) is 1. The highest BCUT2D eigenvalue weighted by Crippen LogP contribution is 2.42. The van der Waals surface area contributed by atoms with Crippen LogP contribution in [0.25, 0.3) is 0 Å². The third kappa shape index (κ3) is 7.34. The summed E-state index contributed by atoms with van der Waals surface area (Å²) in [6.07, 6.45) is 2.15. The van der Waals surface area contributed by atoms with Crippen molar-refractivity contribution in [2.75, 3.05) is 5.75 Å². The van der Waals surface area contributed by atoms with Crippen molar-refractivity contribution in [3.05, 3.63) is 131 Å². The molecule has 1 fully saturated rings. The van der Waals surface area contributed by atoms with Crippen LogP contribution >= 0.6 is 11.8 Å². The van der Waals surface area contributed by atoms with E-state index in [1.165, 1.54) is 16.7 Å². The molecule has 3 atom stereocenters. The number of thioether (sulfide) groups is 1. The Bertz CT molecular complexity index is 1600. The largest absolute Gasteiger partial charge is 0.448 e. The van der Waals surface area contributed by atoms with E-state index in [1.54, 1.807) is 57.2 Å². The number of carbonyl (C=O) groups is 4. The molecule has 10 heteroatoms. The van der Waals surface area contributed by atoms with Gasteiger partial charge < -0.3 is 20.1 Å². The highest BCUT2D eigenvalue weighted by molar-refractivity contribution is 8.00. The topological polar surface area (TPSA) is 114 Å². The van der Waals surface area contributed by atoms with Crippen molar-refractivity contribution < 1.29 is 28.7 Å². The Labute approximate surface area is 273 Å². The predicted molar refractivity (Wildman–Crippen MR) is 176 cm³/mol. The van der Waals surface area contributed by atoms with E-state index in [-0.39, 0.29) is 5.70 Å². The summed E-state index contributed by atoms with van der Waals surface area (Å²) >= 11 is 1.44. The maximum atomic E-state index is 14.0. The average molecular weight is 640 g/mol. The molecule has 1 saturated heterocycles. The van der Waals surface area contributed by atoms with Crippen molar-refractivity contribution >= 4 is 35.6 Å². The highest BCUT2D eigenvalue weighted by atomic mass is 32.2. The van der Waals surface area contributed by atoms with E-state index in [0.29, 0.717) is 16.9 Å². The minimum Gasteiger partial charge on any atom is -0.448 e. The Kier molecular flexibility index (Phi) is 9.96. The fraction of sp³-hybridized carbons (Fsp3) is 0.278. The average Bonchev–Trinajstić information content (AvgIpc) is 3.05. The number of allylic oxidation sites excluding steroid dienone is 2. The molecule has 2 aliphatic rings. The summed E-state index contributed by atoms with van der Waals surface area (Å²) in [5, 5.41) is 4.91. The summed E-state index contributed by atoms with van der Waals surface area (Å²) in [6, 6.07) is 25.6. The summed E-state index contributed by atoms with van der Waals surface area (Å²) in [5.41, 5.74) is 2.15. The number of alkyl carbamates (subject to hydrolysis) is 1. The lowest BCUT2D eigenvalue weighted by Crippen LogP contribution is -2.71. The third-order valence-electron chi connectivity index (χ3n) is 7.34. The Hall–Kier alpha value is -4.83. The number of carbonyl (C=O) groups excluding carboxylic acids is 4. The fourth-order valence-electron chi connectivity index (χ4n) is 5.32. The number of benzene rings is 3. The van der Waals surface area contributed by atoms with Gasteiger partial charge in [0, 0.05) is 5.75 Å². The number of esters is 1. The molecule has 0 radical (unpaired) electrons. The molecule has 3 aromatic carbocycles. The molecule has 0 aromatic heterocycles. The van der Waals surface area contributed by atoms with Gasteiger partial charge in [0.05, 0.1) is 0 Å². The zero-order chi connectivity index (χ0) is 32.8. The Morgan fingerprint density at radius 3 is 1.96 bits per heavy atom. The van der Waals surface area contributed by atoms with Crippen LogP contribution in [0.15, 0.2) is 114 Å². The molecule has 2 aliphatic heterocycles. The SMILES string of the molecule is C/C=C\C1=C(C(=O)OC(c2ccccc2)c2ccccc2)N2C(=O)[C@@H](NC(=O)[C@H](NC(=O)OC(C)(C)C)c3ccccc3)[C@H]2SC1. The lowest BCUT2D eigenvalue weighted by molar-refractivity contribution is -0.154. The van der Waals surface area contributed by atoms with Crippen LogP contribution in [0.4, 0.5) is 4.79 Å². The van der Waals surface area contributed by atoms with Crippen molar-refractivity contribution in [2.45, 2.75) is 56.9 Å². The second-order valence-electron chi connectivity index (χ2n) is 11.9. The van der Waals surface area contributed by atoms with Crippen LogP contribution in [0.3, 0.4) is 0 Å². The zero-order valence-electron chi connectivity index (χ0n) is 26.1. The molecule has 0 unspecified atom stereocenters. The number of rotatable bonds is 9. The van der Waals surface area contributed by atoms with Crippen LogP contribution in [0.1, 0.15) is 56.5 Å². The maximum absolute atomic E-state index is 14.0. The Morgan fingerprint density at radius 2 is 1.43 bits per heavy atom. The molecule has 238 valence electrons. The van der Waals surface area contributed by atoms with E-state index in [1.807, 2.05) is 73.7 Å². The van der Waals surface area contributed by atoms with Gasteiger partial charge in [0.1, 0.15) is 28.8 Å². The molecule has 2 N–H and O–H groups in total. The number of amides is 3. The predicted octanol–water partition coefficient (Wildman–Crippen LogP) is 5.82. The van der Waals surface area contributed by atoms with Crippen molar-refractivity contribution in [2.24, 2.45) is 0 Å². The van der Waals surface area contributed by atoms with Gasteiger partial charge in [0.25, 0.3) is 5.91 Å². The number of hydrogen-bond acceptors (Lipinski definition) is 7. The van der Waals surface area contributed by atoms with Crippen molar-refractivity contribution in [1.29, 1.82) is 0 Å². The van der Waals surface area contributed by atoms with Crippen LogP contribution in [0, 0.1) is 0 Å². The van der Waals surface area contributed by atoms with Crippen LogP contribution in [0.2, 0.25) is 0 Å². The molecule has 9 nitrogen and oxygen atoms in total. The van der Waals surface area contributed by atoms with Gasteiger partial charge in [-0.1, -0.05) is 103 Å². The van der Waals surface area contributed by atoms with E-state index in [2.05, 4.69) is 10.6 Å². The van der Waals surface area contributed by atoms with E-state index < -0.39 is 53.0 Å². The highest BCUT2D eigenvalue weighted by Gasteiger charge is 2.55. The van der Waals surface area contributed by atoms with Gasteiger partial charge >= 0.3 is 12.1 Å². The molecule has 3 aromatic rings. The molecule has 0 aliphatic carbocycles. The van der Waals surface area contributed by atoms with Gasteiger partial charge in [-0.2, -0.15) is 0 Å². The molecule has 0 saturated carbocycles. The van der Waals surface area contributed by atoms with E-state index in [0.717, 1.165) is 11.1 Å². The number of nitrogens with one attached hydrogen (secondary N) is 2. The van der Waals surface area contributed by atoms with Crippen LogP contribution in [-0.2, 0) is 23.9 Å². The van der Waals surface area contributed by atoms with Crippen LogP contribution in [-0.4, -0.2) is 51.5 Å². The van der Waals surface area contributed by atoms with Gasteiger partial charge in [-0.15, -0.1) is 11.8 Å². The lowest BCUT2D eigenvalue weighted by Gasteiger charge is -2.49. The van der Waals surface area contributed by atoms with Gasteiger partial charge in [-0.05, 0) is 50.0 Å². The smallest absolute Gasteiger partial charge is 0.408 e. The molecule has 0 bridgehead atoms. The zero-order valence-corrected chi connectivity index (χ0v) is 27.0. The molecule has 5 rings (SSSR count). The third-order valence-corrected chi connectivity index (χ3v) is 8.64. The molecular weight excluding hydrogens is 602 g/mol. The van der Waals surface area contributed by atoms with Crippen molar-refractivity contribution in [1.82, 2.24) is 15.5 Å². The van der Waals surface area contributed by atoms with E-state index >= 15 is 0 Å². The van der Waals surface area contributed by atoms with Gasteiger partial charge in [-0.3, -0.25) is 14.5 Å². The number of fused-ring (bicyclic) bond motifs is 1. The molecule has 3 amide bonds. The minimum atomic E-state index is -1.11. The normalized spacial score (nSPS) is 18.5. The van der Waals surface area contributed by atoms with E-state index in [4.69, 9.17) is 9.47 Å². The Morgan fingerprint density at radius 1 is 0.891 bits per heavy atom. The first-order valence-corrected chi connectivity index (χ1v) is 16.1. The standard InChI is InChI=1S/C36H37N3O6S/c1-5-15-26-22-46-33-28(37-31(40)27(23-16-9-6-10-17-23)38-35(43)45-36(2,3)4)32(41)39(33)29(26)34(42)44-30(24-18-11-7-12-19-24)25-20-13-8-14-21-25/h5-21,27-28,30,33H,22H2,1-4H3,(H,37,40)(H,38,43)/b15-5-/t27-,28-,33-/m1/s1. The molecular formula is C36H37N3O6S. The quantitative estimate of drug-likeness (QED) is 0.224. The first kappa shape index (κ1) is 32.6. The summed E-state index contributed by atoms with van der Waals surface area (Å²) < 4.78 is 11.5. The van der Waals surface area contributed by atoms with Gasteiger partial charge in [-0.25, -0.2) is 9.59 Å². The number of hydrogen-bond donors (Lipinski definition) is 2. The van der Waals surface area contributed by atoms with E-state index in [9.17, 15) is 19.2 Å². The van der Waals surface area contributed by atoms with Crippen molar-refractivity contribution in [3.8, 4) is 0 Å². The fourth-order valence-corrected chi connectivity index (χ4v) is 6.63. The monoisotopic (exact) mass is 639 g/mol. The number of β-lactam (4-membered cyclic amide) rings is 1. The van der Waals surface area contributed by atoms with Crippen LogP contribution in [0.5, 0.6) is 0 Å². The molecule has 0 spiro atoms. The molecule has 46 heavy (non-hydrogen) atoms. The second-order valence-corrected chi connectivity index (χ2v) is 13.0. The summed E-state index contributed by atoms with van der Waals surface area (Å²) in [4.78, 5) is 55.4. The maximum Gasteiger partial charge on any atom is 0.408 e. The first-order chi connectivity index (χ1) is 22.1. The van der Waals surface area contributed by atoms with Crippen LogP contribution < -0.4 is 10.6 Å². The summed E-state index contributed by atoms with van der Waals surface area (Å²) in [6.45, 7) is 7.02. The second kappa shape index (κ2) is 14.1. The minimum absolute atomic E-state index is 0.153. The molecule has 2 heterocycles. The summed E-state index contributed by atoms with van der Waals surface area (Å²) in [7, 11) is 0. The summed E-state index contributed by atoms with van der Waals surface area (Å²) in [5.74, 6) is -1.23. The Balaban J connectivity index is 1.37. The van der Waals surface area contributed by atoms with Gasteiger partial charge in [0.15, 0.2) is 6.10 Å². The first-order valence-electron chi connectivity index (χ1n) is 15.0. The number of ether oxygens (including phenoxy) is 2. The lowest BCUT2D eigenvalue weighted by atomic mass is 9.99.